The molecule has 0 radical (unpaired) electrons. The largest absolute Gasteiger partial charge is 0.237 e. The molecule has 17 heavy (non-hydrogen) atoms. The van der Waals surface area contributed by atoms with Crippen molar-refractivity contribution in [3.05, 3.63) is 48.3 Å². The molecule has 0 saturated heterocycles. The summed E-state index contributed by atoms with van der Waals surface area (Å²) < 4.78 is 0. The van der Waals surface area contributed by atoms with Gasteiger partial charge in [0.2, 0.25) is 0 Å². The van der Waals surface area contributed by atoms with Gasteiger partial charge in [0, 0.05) is 23.4 Å². The van der Waals surface area contributed by atoms with Crippen molar-refractivity contribution in [3.8, 4) is 11.4 Å². The van der Waals surface area contributed by atoms with Gasteiger partial charge in [-0.15, -0.1) is 0 Å². The summed E-state index contributed by atoms with van der Waals surface area (Å²) in [5.41, 5.74) is 2.32. The Morgan fingerprint density at radius 3 is 2.47 bits per heavy atom. The summed E-state index contributed by atoms with van der Waals surface area (Å²) in [5.74, 6) is 1.51. The van der Waals surface area contributed by atoms with Crippen molar-refractivity contribution in [1.29, 1.82) is 0 Å². The van der Waals surface area contributed by atoms with Crippen LogP contribution in [0.1, 0.15) is 37.3 Å². The van der Waals surface area contributed by atoms with Crippen LogP contribution in [-0.4, -0.2) is 9.97 Å². The van der Waals surface area contributed by atoms with Crippen molar-refractivity contribution in [3.63, 3.8) is 0 Å². The third-order valence-electron chi connectivity index (χ3n) is 3.48. The average Bonchev–Trinajstić information content (AvgIpc) is 2.94. The molecule has 0 spiro atoms. The summed E-state index contributed by atoms with van der Waals surface area (Å²) in [6.45, 7) is 0. The number of rotatable bonds is 2. The Kier molecular flexibility index (Phi) is 2.87. The van der Waals surface area contributed by atoms with E-state index in [1.165, 1.54) is 31.4 Å². The van der Waals surface area contributed by atoms with E-state index >= 15 is 0 Å². The van der Waals surface area contributed by atoms with Gasteiger partial charge in [-0.3, -0.25) is 0 Å². The number of hydrogen-bond acceptors (Lipinski definition) is 2. The second-order valence-electron chi connectivity index (χ2n) is 4.65. The lowest BCUT2D eigenvalue weighted by atomic mass is 10.0. The van der Waals surface area contributed by atoms with E-state index in [1.807, 2.05) is 24.4 Å². The van der Waals surface area contributed by atoms with E-state index < -0.39 is 0 Å². The summed E-state index contributed by atoms with van der Waals surface area (Å²) in [4.78, 5) is 9.08. The Morgan fingerprint density at radius 1 is 0.941 bits per heavy atom. The quantitative estimate of drug-likeness (QED) is 0.775. The van der Waals surface area contributed by atoms with E-state index in [-0.39, 0.29) is 0 Å². The topological polar surface area (TPSA) is 25.8 Å². The number of hydrogen-bond donors (Lipinski definition) is 0. The SMILES string of the molecule is c1ccc(-c2nccc(C3CCCC3)n2)cc1. The first-order valence-corrected chi connectivity index (χ1v) is 6.32. The van der Waals surface area contributed by atoms with Crippen LogP contribution in [-0.2, 0) is 0 Å². The number of benzene rings is 1. The first-order valence-electron chi connectivity index (χ1n) is 6.32. The molecule has 0 unspecified atom stereocenters. The first kappa shape index (κ1) is 10.5. The zero-order chi connectivity index (χ0) is 11.5. The molecule has 1 saturated carbocycles. The number of nitrogens with zero attached hydrogens (tertiary/aromatic N) is 2. The van der Waals surface area contributed by atoms with Gasteiger partial charge in [-0.25, -0.2) is 9.97 Å². The molecule has 0 amide bonds. The standard InChI is InChI=1S/C15H16N2/c1-2-8-13(9-3-1)15-16-11-10-14(17-15)12-6-4-5-7-12/h1-3,8-12H,4-7H2. The molecular formula is C15H16N2. The molecule has 1 aromatic heterocycles. The van der Waals surface area contributed by atoms with Crippen LogP contribution in [0, 0.1) is 0 Å². The molecule has 0 bridgehead atoms. The van der Waals surface area contributed by atoms with Crippen molar-refractivity contribution in [1.82, 2.24) is 9.97 Å². The highest BCUT2D eigenvalue weighted by Gasteiger charge is 2.18. The van der Waals surface area contributed by atoms with Gasteiger partial charge in [0.05, 0.1) is 0 Å². The van der Waals surface area contributed by atoms with Crippen LogP contribution in [0.2, 0.25) is 0 Å². The third-order valence-corrected chi connectivity index (χ3v) is 3.48. The van der Waals surface area contributed by atoms with Crippen LogP contribution < -0.4 is 0 Å². The van der Waals surface area contributed by atoms with Crippen LogP contribution in [0.4, 0.5) is 0 Å². The Morgan fingerprint density at radius 2 is 1.71 bits per heavy atom. The van der Waals surface area contributed by atoms with Gasteiger partial charge < -0.3 is 0 Å². The van der Waals surface area contributed by atoms with E-state index in [9.17, 15) is 0 Å². The predicted molar refractivity (Wildman–Crippen MR) is 68.7 cm³/mol. The molecule has 3 rings (SSSR count). The van der Waals surface area contributed by atoms with Gasteiger partial charge in [-0.2, -0.15) is 0 Å². The molecule has 1 fully saturated rings. The van der Waals surface area contributed by atoms with Crippen LogP contribution in [0.25, 0.3) is 11.4 Å². The molecule has 2 aromatic rings. The fraction of sp³-hybridized carbons (Fsp3) is 0.333. The fourth-order valence-corrected chi connectivity index (χ4v) is 2.55. The minimum absolute atomic E-state index is 0.653. The maximum absolute atomic E-state index is 4.71. The molecule has 1 aliphatic carbocycles. The lowest BCUT2D eigenvalue weighted by Gasteiger charge is -2.09. The summed E-state index contributed by atoms with van der Waals surface area (Å²) in [5, 5.41) is 0. The lowest BCUT2D eigenvalue weighted by Crippen LogP contribution is -1.99. The van der Waals surface area contributed by atoms with Gasteiger partial charge in [-0.1, -0.05) is 43.2 Å². The molecule has 2 nitrogen and oxygen atoms in total. The molecule has 1 heterocycles. The van der Waals surface area contributed by atoms with Gasteiger partial charge >= 0.3 is 0 Å². The van der Waals surface area contributed by atoms with Gasteiger partial charge in [0.15, 0.2) is 5.82 Å². The molecule has 2 heteroatoms. The maximum atomic E-state index is 4.71. The highest BCUT2D eigenvalue weighted by Crippen LogP contribution is 2.33. The Hall–Kier alpha value is -1.70. The zero-order valence-electron chi connectivity index (χ0n) is 9.84. The van der Waals surface area contributed by atoms with Crippen molar-refractivity contribution in [2.24, 2.45) is 0 Å². The molecular weight excluding hydrogens is 208 g/mol. The van der Waals surface area contributed by atoms with Crippen molar-refractivity contribution in [2.75, 3.05) is 0 Å². The lowest BCUT2D eigenvalue weighted by molar-refractivity contribution is 0.695. The van der Waals surface area contributed by atoms with Crippen LogP contribution in [0.3, 0.4) is 0 Å². The molecule has 0 aliphatic heterocycles. The fourth-order valence-electron chi connectivity index (χ4n) is 2.55. The monoisotopic (exact) mass is 224 g/mol. The summed E-state index contributed by atoms with van der Waals surface area (Å²) in [6.07, 6.45) is 7.14. The number of aromatic nitrogens is 2. The van der Waals surface area contributed by atoms with Crippen molar-refractivity contribution in [2.45, 2.75) is 31.6 Å². The molecule has 0 N–H and O–H groups in total. The Labute approximate surface area is 102 Å². The van der Waals surface area contributed by atoms with Gasteiger partial charge in [-0.05, 0) is 18.9 Å². The van der Waals surface area contributed by atoms with E-state index in [1.54, 1.807) is 0 Å². The Balaban J connectivity index is 1.94. The highest BCUT2D eigenvalue weighted by atomic mass is 14.9. The smallest absolute Gasteiger partial charge is 0.159 e. The minimum Gasteiger partial charge on any atom is -0.237 e. The molecule has 86 valence electrons. The zero-order valence-corrected chi connectivity index (χ0v) is 9.84. The second kappa shape index (κ2) is 4.66. The van der Waals surface area contributed by atoms with Crippen LogP contribution in [0.5, 0.6) is 0 Å². The first-order chi connectivity index (χ1) is 8.43. The predicted octanol–water partition coefficient (Wildman–Crippen LogP) is 3.80. The maximum Gasteiger partial charge on any atom is 0.159 e. The van der Waals surface area contributed by atoms with E-state index in [2.05, 4.69) is 23.2 Å². The highest BCUT2D eigenvalue weighted by molar-refractivity contribution is 5.54. The van der Waals surface area contributed by atoms with E-state index in [0.29, 0.717) is 5.92 Å². The summed E-state index contributed by atoms with van der Waals surface area (Å²) in [6, 6.07) is 12.3. The normalized spacial score (nSPS) is 16.2. The van der Waals surface area contributed by atoms with Gasteiger partial charge in [0.1, 0.15) is 0 Å². The van der Waals surface area contributed by atoms with Gasteiger partial charge in [0.25, 0.3) is 0 Å². The second-order valence-corrected chi connectivity index (χ2v) is 4.65. The molecule has 1 aliphatic rings. The average molecular weight is 224 g/mol. The van der Waals surface area contributed by atoms with Crippen LogP contribution >= 0.6 is 0 Å². The summed E-state index contributed by atoms with van der Waals surface area (Å²) in [7, 11) is 0. The van der Waals surface area contributed by atoms with Crippen molar-refractivity contribution < 1.29 is 0 Å². The molecule has 1 aromatic carbocycles. The van der Waals surface area contributed by atoms with Crippen LogP contribution in [0.15, 0.2) is 42.6 Å². The summed E-state index contributed by atoms with van der Waals surface area (Å²) >= 11 is 0. The third kappa shape index (κ3) is 2.21. The van der Waals surface area contributed by atoms with Crippen molar-refractivity contribution >= 4 is 0 Å². The molecule has 0 atom stereocenters. The van der Waals surface area contributed by atoms with E-state index in [4.69, 9.17) is 4.98 Å². The Bertz CT molecular complexity index is 487. The minimum atomic E-state index is 0.653. The van der Waals surface area contributed by atoms with E-state index in [0.717, 1.165) is 11.4 Å².